The SMILES string of the molecule is CN(c1ccccc1CNc1nc(Nc2ccc3c(c2)C2CCCC3S2(=O)=O)ncc1C(F)(F)F)S(C)(=O)=O. The predicted molar refractivity (Wildman–Crippen MR) is 142 cm³/mol. The van der Waals surface area contributed by atoms with Crippen molar-refractivity contribution < 1.29 is 30.0 Å². The van der Waals surface area contributed by atoms with Crippen LogP contribution in [0.5, 0.6) is 0 Å². The summed E-state index contributed by atoms with van der Waals surface area (Å²) in [4.78, 5) is 7.89. The lowest BCUT2D eigenvalue weighted by atomic mass is 10.0. The number of nitrogens with zero attached hydrogens (tertiary/aromatic N) is 3. The van der Waals surface area contributed by atoms with Crippen molar-refractivity contribution >= 4 is 43.0 Å². The number of rotatable bonds is 7. The number of sulfonamides is 1. The van der Waals surface area contributed by atoms with Crippen LogP contribution in [0, 0.1) is 0 Å². The first kappa shape index (κ1) is 27.2. The van der Waals surface area contributed by atoms with Gasteiger partial charge in [-0.2, -0.15) is 18.2 Å². The highest BCUT2D eigenvalue weighted by molar-refractivity contribution is 7.92. The minimum atomic E-state index is -4.75. The van der Waals surface area contributed by atoms with Crippen molar-refractivity contribution in [1.82, 2.24) is 9.97 Å². The first-order valence-corrected chi connectivity index (χ1v) is 15.6. The van der Waals surface area contributed by atoms with Gasteiger partial charge in [-0.3, -0.25) is 4.31 Å². The highest BCUT2D eigenvalue weighted by atomic mass is 32.2. The van der Waals surface area contributed by atoms with Crippen LogP contribution < -0.4 is 14.9 Å². The highest BCUT2D eigenvalue weighted by Crippen LogP contribution is 2.53. The van der Waals surface area contributed by atoms with Crippen molar-refractivity contribution in [3.05, 3.63) is 70.9 Å². The number of benzene rings is 2. The van der Waals surface area contributed by atoms with Gasteiger partial charge in [0.05, 0.1) is 22.4 Å². The summed E-state index contributed by atoms with van der Waals surface area (Å²) in [5, 5.41) is 4.48. The van der Waals surface area contributed by atoms with Gasteiger partial charge in [-0.05, 0) is 47.7 Å². The lowest BCUT2D eigenvalue weighted by Gasteiger charge is -2.21. The minimum Gasteiger partial charge on any atom is -0.365 e. The molecular weight excluding hydrogens is 555 g/mol. The van der Waals surface area contributed by atoms with Crippen LogP contribution in [0.2, 0.25) is 0 Å². The van der Waals surface area contributed by atoms with Crippen molar-refractivity contribution in [1.29, 1.82) is 0 Å². The average Bonchev–Trinajstić information content (AvgIpc) is 2.97. The Morgan fingerprint density at radius 3 is 2.46 bits per heavy atom. The van der Waals surface area contributed by atoms with E-state index in [1.54, 1.807) is 42.5 Å². The molecule has 1 aromatic heterocycles. The molecule has 2 N–H and O–H groups in total. The molecule has 39 heavy (non-hydrogen) atoms. The van der Waals surface area contributed by atoms with Crippen LogP contribution in [0.1, 0.15) is 52.0 Å². The lowest BCUT2D eigenvalue weighted by Crippen LogP contribution is -2.26. The second-order valence-corrected chi connectivity index (χ2v) is 14.0. The molecule has 2 atom stereocenters. The first-order chi connectivity index (χ1) is 18.3. The van der Waals surface area contributed by atoms with Gasteiger partial charge < -0.3 is 10.6 Å². The van der Waals surface area contributed by atoms with Crippen LogP contribution in [0.15, 0.2) is 48.7 Å². The molecule has 0 radical (unpaired) electrons. The normalized spacial score (nSPS) is 19.8. The number of hydrogen-bond donors (Lipinski definition) is 2. The monoisotopic (exact) mass is 581 g/mol. The molecule has 2 bridgehead atoms. The fraction of sp³-hybridized carbons (Fsp3) is 0.360. The van der Waals surface area contributed by atoms with E-state index in [-0.39, 0.29) is 12.5 Å². The van der Waals surface area contributed by atoms with Crippen LogP contribution in [0.25, 0.3) is 0 Å². The predicted octanol–water partition coefficient (Wildman–Crippen LogP) is 4.94. The maximum absolute atomic E-state index is 13.8. The van der Waals surface area contributed by atoms with Gasteiger partial charge in [0.1, 0.15) is 11.4 Å². The summed E-state index contributed by atoms with van der Waals surface area (Å²) in [6.45, 7) is -0.144. The van der Waals surface area contributed by atoms with Gasteiger partial charge in [0.2, 0.25) is 16.0 Å². The number of aromatic nitrogens is 2. The zero-order chi connectivity index (χ0) is 28.2. The number of nitrogens with one attached hydrogen (secondary N) is 2. The molecule has 0 spiro atoms. The molecule has 0 aliphatic carbocycles. The Morgan fingerprint density at radius 1 is 1.08 bits per heavy atom. The molecule has 3 aromatic rings. The first-order valence-electron chi connectivity index (χ1n) is 12.1. The minimum absolute atomic E-state index is 0.115. The molecule has 0 saturated carbocycles. The van der Waals surface area contributed by atoms with Crippen molar-refractivity contribution in [2.75, 3.05) is 28.2 Å². The fourth-order valence-electron chi connectivity index (χ4n) is 5.14. The summed E-state index contributed by atoms with van der Waals surface area (Å²) < 4.78 is 92.0. The van der Waals surface area contributed by atoms with Crippen molar-refractivity contribution in [2.24, 2.45) is 0 Å². The van der Waals surface area contributed by atoms with Gasteiger partial charge in [-0.15, -0.1) is 0 Å². The van der Waals surface area contributed by atoms with Gasteiger partial charge in [0.15, 0.2) is 9.84 Å². The summed E-state index contributed by atoms with van der Waals surface area (Å²) in [5.74, 6) is -0.604. The number of fused-ring (bicyclic) bond motifs is 5. The number of hydrogen-bond acceptors (Lipinski definition) is 8. The zero-order valence-electron chi connectivity index (χ0n) is 21.0. The third kappa shape index (κ3) is 5.14. The van der Waals surface area contributed by atoms with E-state index in [1.165, 1.54) is 7.05 Å². The van der Waals surface area contributed by atoms with Crippen molar-refractivity contribution in [3.63, 3.8) is 0 Å². The number of para-hydroxylation sites is 1. The quantitative estimate of drug-likeness (QED) is 0.403. The van der Waals surface area contributed by atoms with E-state index >= 15 is 0 Å². The second-order valence-electron chi connectivity index (χ2n) is 9.63. The second kappa shape index (κ2) is 9.66. The molecule has 1 saturated heterocycles. The maximum Gasteiger partial charge on any atom is 0.421 e. The van der Waals surface area contributed by atoms with E-state index in [4.69, 9.17) is 0 Å². The molecule has 2 aromatic carbocycles. The van der Waals surface area contributed by atoms with E-state index in [0.717, 1.165) is 22.5 Å². The van der Waals surface area contributed by atoms with E-state index in [0.29, 0.717) is 41.5 Å². The topological polar surface area (TPSA) is 121 Å². The Labute approximate surface area is 224 Å². The smallest absolute Gasteiger partial charge is 0.365 e. The fourth-order valence-corrected chi connectivity index (χ4v) is 8.19. The third-order valence-electron chi connectivity index (χ3n) is 7.13. The molecule has 5 rings (SSSR count). The maximum atomic E-state index is 13.8. The molecular formula is C25H26F3N5O4S2. The van der Waals surface area contributed by atoms with Gasteiger partial charge in [0.25, 0.3) is 0 Å². The molecule has 208 valence electrons. The summed E-state index contributed by atoms with van der Waals surface area (Å²) in [7, 11) is -5.53. The molecule has 14 heteroatoms. The molecule has 2 aliphatic heterocycles. The van der Waals surface area contributed by atoms with E-state index in [2.05, 4.69) is 20.6 Å². The Kier molecular flexibility index (Phi) is 6.74. The van der Waals surface area contributed by atoms with Crippen LogP contribution in [0.3, 0.4) is 0 Å². The van der Waals surface area contributed by atoms with E-state index < -0.39 is 47.9 Å². The number of anilines is 4. The number of sulfone groups is 1. The summed E-state index contributed by atoms with van der Waals surface area (Å²) >= 11 is 0. The molecule has 1 fully saturated rings. The van der Waals surface area contributed by atoms with E-state index in [9.17, 15) is 30.0 Å². The summed E-state index contributed by atoms with van der Waals surface area (Å²) in [5.41, 5.74) is 1.61. The molecule has 3 heterocycles. The number of alkyl halides is 3. The van der Waals surface area contributed by atoms with Crippen molar-refractivity contribution in [2.45, 2.75) is 42.5 Å². The molecule has 9 nitrogen and oxygen atoms in total. The van der Waals surface area contributed by atoms with Crippen LogP contribution >= 0.6 is 0 Å². The summed E-state index contributed by atoms with van der Waals surface area (Å²) in [6, 6.07) is 11.5. The largest absolute Gasteiger partial charge is 0.421 e. The molecule has 0 amide bonds. The highest BCUT2D eigenvalue weighted by Gasteiger charge is 2.47. The Morgan fingerprint density at radius 2 is 1.77 bits per heavy atom. The van der Waals surface area contributed by atoms with Crippen molar-refractivity contribution in [3.8, 4) is 0 Å². The lowest BCUT2D eigenvalue weighted by molar-refractivity contribution is -0.137. The number of halogens is 3. The van der Waals surface area contributed by atoms with Crippen LogP contribution in [-0.2, 0) is 32.6 Å². The molecule has 2 aliphatic rings. The average molecular weight is 582 g/mol. The standard InChI is InChI=1S/C25H26F3N5O4S2/c1-33(38(2,34)35)20-7-4-3-6-15(20)13-29-23-19(25(26,27)28)14-30-24(32-23)31-16-10-11-17-18(12-16)22-9-5-8-21(17)39(22,36)37/h3-4,6-7,10-12,14,21-22H,5,8-9,13H2,1-2H3,(H2,29,30,31,32). The third-order valence-corrected chi connectivity index (χ3v) is 10.9. The summed E-state index contributed by atoms with van der Waals surface area (Å²) in [6.07, 6.45) is -1.12. The Hall–Kier alpha value is -3.39. The zero-order valence-corrected chi connectivity index (χ0v) is 22.7. The van der Waals surface area contributed by atoms with Gasteiger partial charge in [0, 0.05) is 25.5 Å². The van der Waals surface area contributed by atoms with Crippen LogP contribution in [0.4, 0.5) is 36.3 Å². The van der Waals surface area contributed by atoms with E-state index in [1.807, 2.05) is 0 Å². The van der Waals surface area contributed by atoms with Gasteiger partial charge in [-0.1, -0.05) is 30.7 Å². The Balaban J connectivity index is 1.43. The van der Waals surface area contributed by atoms with Gasteiger partial charge in [-0.25, -0.2) is 21.8 Å². The van der Waals surface area contributed by atoms with Gasteiger partial charge >= 0.3 is 6.18 Å². The molecule has 2 unspecified atom stereocenters. The Bertz CT molecular complexity index is 1650. The van der Waals surface area contributed by atoms with Crippen LogP contribution in [-0.4, -0.2) is 40.1 Å².